The summed E-state index contributed by atoms with van der Waals surface area (Å²) in [5.41, 5.74) is 0. The minimum atomic E-state index is 0.297. The molecule has 1 aliphatic heterocycles. The van der Waals surface area contributed by atoms with Crippen molar-refractivity contribution in [1.29, 1.82) is 0 Å². The Hall–Kier alpha value is -0.570. The second kappa shape index (κ2) is 5.67. The Morgan fingerprint density at radius 2 is 2.00 bits per heavy atom. The van der Waals surface area contributed by atoms with Crippen molar-refractivity contribution in [3.05, 3.63) is 0 Å². The van der Waals surface area contributed by atoms with Gasteiger partial charge in [-0.15, -0.1) is 0 Å². The van der Waals surface area contributed by atoms with Crippen molar-refractivity contribution >= 4 is 5.91 Å². The summed E-state index contributed by atoms with van der Waals surface area (Å²) in [6, 6.07) is 0. The maximum Gasteiger partial charge on any atom is 0.236 e. The van der Waals surface area contributed by atoms with Gasteiger partial charge in [0.15, 0.2) is 0 Å². The van der Waals surface area contributed by atoms with Gasteiger partial charge in [0.05, 0.1) is 6.54 Å². The number of fused-ring (bicyclic) bond motifs is 1. The summed E-state index contributed by atoms with van der Waals surface area (Å²) in [4.78, 5) is 14.0. The molecule has 3 nitrogen and oxygen atoms in total. The van der Waals surface area contributed by atoms with Crippen LogP contribution in [-0.4, -0.2) is 37.0 Å². The lowest BCUT2D eigenvalue weighted by Crippen LogP contribution is -2.47. The van der Waals surface area contributed by atoms with E-state index >= 15 is 0 Å². The smallest absolute Gasteiger partial charge is 0.236 e. The molecular weight excluding hydrogens is 200 g/mol. The number of carbonyl (C=O) groups is 1. The fraction of sp³-hybridized carbons (Fsp3) is 0.923. The highest BCUT2D eigenvalue weighted by Crippen LogP contribution is 2.35. The first-order valence-corrected chi connectivity index (χ1v) is 6.79. The fourth-order valence-electron chi connectivity index (χ4n) is 3.17. The first-order chi connectivity index (χ1) is 7.81. The lowest BCUT2D eigenvalue weighted by Gasteiger charge is -2.41. The molecule has 1 N–H and O–H groups in total. The number of piperidine rings is 1. The van der Waals surface area contributed by atoms with Crippen molar-refractivity contribution < 1.29 is 4.79 Å². The van der Waals surface area contributed by atoms with Crippen molar-refractivity contribution in [2.24, 2.45) is 11.8 Å². The van der Waals surface area contributed by atoms with Crippen molar-refractivity contribution in [2.75, 3.05) is 26.2 Å². The largest absolute Gasteiger partial charge is 0.341 e. The molecule has 0 aromatic rings. The summed E-state index contributed by atoms with van der Waals surface area (Å²) in [7, 11) is 0. The van der Waals surface area contributed by atoms with Crippen molar-refractivity contribution in [3.8, 4) is 0 Å². The van der Waals surface area contributed by atoms with Crippen LogP contribution >= 0.6 is 0 Å². The third-order valence-electron chi connectivity index (χ3n) is 4.17. The molecule has 92 valence electrons. The van der Waals surface area contributed by atoms with Crippen LogP contribution in [0.3, 0.4) is 0 Å². The van der Waals surface area contributed by atoms with Gasteiger partial charge in [0.25, 0.3) is 0 Å². The molecule has 2 unspecified atom stereocenters. The molecule has 3 heteroatoms. The number of hydrogen-bond donors (Lipinski definition) is 1. The summed E-state index contributed by atoms with van der Waals surface area (Å²) >= 11 is 0. The van der Waals surface area contributed by atoms with Gasteiger partial charge in [-0.05, 0) is 31.2 Å². The third kappa shape index (κ3) is 2.76. The second-order valence-corrected chi connectivity index (χ2v) is 5.21. The average Bonchev–Trinajstić information content (AvgIpc) is 2.35. The summed E-state index contributed by atoms with van der Waals surface area (Å²) < 4.78 is 0. The zero-order chi connectivity index (χ0) is 11.4. The minimum Gasteiger partial charge on any atom is -0.341 e. The Labute approximate surface area is 98.6 Å². The van der Waals surface area contributed by atoms with Crippen LogP contribution < -0.4 is 5.32 Å². The normalized spacial score (nSPS) is 29.9. The molecule has 0 aromatic heterocycles. The van der Waals surface area contributed by atoms with Crippen LogP contribution in [0.4, 0.5) is 0 Å². The highest BCUT2D eigenvalue weighted by molar-refractivity contribution is 5.78. The van der Waals surface area contributed by atoms with E-state index in [4.69, 9.17) is 0 Å². The van der Waals surface area contributed by atoms with Crippen LogP contribution in [0.1, 0.15) is 39.0 Å². The van der Waals surface area contributed by atoms with Crippen LogP contribution in [0.25, 0.3) is 0 Å². The highest BCUT2D eigenvalue weighted by Gasteiger charge is 2.32. The molecule has 2 fully saturated rings. The Morgan fingerprint density at radius 3 is 2.75 bits per heavy atom. The second-order valence-electron chi connectivity index (χ2n) is 5.21. The summed E-state index contributed by atoms with van der Waals surface area (Å²) in [6.45, 7) is 5.46. The van der Waals surface area contributed by atoms with Crippen LogP contribution in [0.2, 0.25) is 0 Å². The standard InChI is InChI=1S/C13H24N2O/c1-2-14-9-13(16)15-8-7-11-5-3-4-6-12(11)10-15/h11-12,14H,2-10H2,1H3. The van der Waals surface area contributed by atoms with Gasteiger partial charge in [0.2, 0.25) is 5.91 Å². The number of hydrogen-bond acceptors (Lipinski definition) is 2. The summed E-state index contributed by atoms with van der Waals surface area (Å²) in [5.74, 6) is 2.01. The minimum absolute atomic E-state index is 0.297. The van der Waals surface area contributed by atoms with Gasteiger partial charge in [-0.3, -0.25) is 4.79 Å². The first kappa shape index (κ1) is 11.9. The quantitative estimate of drug-likeness (QED) is 0.790. The maximum absolute atomic E-state index is 11.9. The van der Waals surface area contributed by atoms with Crippen molar-refractivity contribution in [3.63, 3.8) is 0 Å². The zero-order valence-electron chi connectivity index (χ0n) is 10.4. The molecule has 2 aliphatic rings. The van der Waals surface area contributed by atoms with Gasteiger partial charge >= 0.3 is 0 Å². The molecule has 1 aliphatic carbocycles. The Bertz CT molecular complexity index is 242. The Kier molecular flexibility index (Phi) is 4.22. The molecule has 2 rings (SSSR count). The van der Waals surface area contributed by atoms with Crippen LogP contribution in [-0.2, 0) is 4.79 Å². The van der Waals surface area contributed by atoms with Gasteiger partial charge in [-0.25, -0.2) is 0 Å². The Morgan fingerprint density at radius 1 is 1.25 bits per heavy atom. The van der Waals surface area contributed by atoms with Crippen LogP contribution in [0.5, 0.6) is 0 Å². The maximum atomic E-state index is 11.9. The number of amides is 1. The van der Waals surface area contributed by atoms with E-state index in [0.717, 1.165) is 31.5 Å². The lowest BCUT2D eigenvalue weighted by atomic mass is 9.75. The third-order valence-corrected chi connectivity index (χ3v) is 4.17. The predicted molar refractivity (Wildman–Crippen MR) is 65.2 cm³/mol. The molecule has 16 heavy (non-hydrogen) atoms. The molecular formula is C13H24N2O. The van der Waals surface area contributed by atoms with E-state index in [2.05, 4.69) is 10.2 Å². The van der Waals surface area contributed by atoms with E-state index < -0.39 is 0 Å². The number of nitrogens with one attached hydrogen (secondary N) is 1. The molecule has 0 aromatic carbocycles. The summed E-state index contributed by atoms with van der Waals surface area (Å²) in [6.07, 6.45) is 6.76. The molecule has 0 radical (unpaired) electrons. The topological polar surface area (TPSA) is 32.3 Å². The predicted octanol–water partition coefficient (Wildman–Crippen LogP) is 1.63. The summed E-state index contributed by atoms with van der Waals surface area (Å²) in [5, 5.41) is 3.13. The number of likely N-dealkylation sites (tertiary alicyclic amines) is 1. The lowest BCUT2D eigenvalue weighted by molar-refractivity contribution is -0.133. The van der Waals surface area contributed by atoms with Crippen molar-refractivity contribution in [1.82, 2.24) is 10.2 Å². The SMILES string of the molecule is CCNCC(=O)N1CCC2CCCCC2C1. The first-order valence-electron chi connectivity index (χ1n) is 6.79. The van der Waals surface area contributed by atoms with E-state index in [1.807, 2.05) is 6.92 Å². The molecule has 1 heterocycles. The zero-order valence-corrected chi connectivity index (χ0v) is 10.4. The number of rotatable bonds is 3. The van der Waals surface area contributed by atoms with Gasteiger partial charge in [-0.2, -0.15) is 0 Å². The average molecular weight is 224 g/mol. The van der Waals surface area contributed by atoms with E-state index in [0.29, 0.717) is 12.5 Å². The fourth-order valence-corrected chi connectivity index (χ4v) is 3.17. The molecule has 2 atom stereocenters. The molecule has 1 saturated heterocycles. The van der Waals surface area contributed by atoms with Crippen LogP contribution in [0.15, 0.2) is 0 Å². The van der Waals surface area contributed by atoms with E-state index in [1.54, 1.807) is 0 Å². The highest BCUT2D eigenvalue weighted by atomic mass is 16.2. The van der Waals surface area contributed by atoms with Gasteiger partial charge in [-0.1, -0.05) is 26.2 Å². The molecule has 1 amide bonds. The van der Waals surface area contributed by atoms with Gasteiger partial charge < -0.3 is 10.2 Å². The van der Waals surface area contributed by atoms with E-state index in [-0.39, 0.29) is 0 Å². The van der Waals surface area contributed by atoms with Crippen molar-refractivity contribution in [2.45, 2.75) is 39.0 Å². The van der Waals surface area contributed by atoms with Gasteiger partial charge in [0, 0.05) is 13.1 Å². The number of likely N-dealkylation sites (N-methyl/N-ethyl adjacent to an activating group) is 1. The number of carbonyl (C=O) groups excluding carboxylic acids is 1. The van der Waals surface area contributed by atoms with Crippen LogP contribution in [0, 0.1) is 11.8 Å². The molecule has 0 spiro atoms. The molecule has 0 bridgehead atoms. The van der Waals surface area contributed by atoms with E-state index in [9.17, 15) is 4.79 Å². The molecule has 1 saturated carbocycles. The number of nitrogens with zero attached hydrogens (tertiary/aromatic N) is 1. The Balaban J connectivity index is 1.82. The van der Waals surface area contributed by atoms with Gasteiger partial charge in [0.1, 0.15) is 0 Å². The monoisotopic (exact) mass is 224 g/mol. The van der Waals surface area contributed by atoms with E-state index in [1.165, 1.54) is 32.1 Å².